The third kappa shape index (κ3) is 4.04. The van der Waals surface area contributed by atoms with E-state index in [9.17, 15) is 9.18 Å². The lowest BCUT2D eigenvalue weighted by molar-refractivity contribution is 0.102. The minimum absolute atomic E-state index is 0.268. The van der Waals surface area contributed by atoms with Crippen LogP contribution in [0.25, 0.3) is 0 Å². The molecule has 2 rings (SSSR count). The number of rotatable bonds is 5. The topological polar surface area (TPSA) is 41.1 Å². The zero-order valence-electron chi connectivity index (χ0n) is 11.6. The minimum Gasteiger partial charge on any atom is -0.384 e. The van der Waals surface area contributed by atoms with Crippen LogP contribution < -0.4 is 10.6 Å². The van der Waals surface area contributed by atoms with Crippen molar-refractivity contribution in [1.82, 2.24) is 0 Å². The minimum atomic E-state index is -0.412. The maximum absolute atomic E-state index is 13.5. The van der Waals surface area contributed by atoms with E-state index in [2.05, 4.69) is 33.5 Å². The number of para-hydroxylation sites is 1. The van der Waals surface area contributed by atoms with Crippen molar-refractivity contribution in [2.45, 2.75) is 13.3 Å². The summed E-state index contributed by atoms with van der Waals surface area (Å²) in [6.45, 7) is 2.84. The Hall–Kier alpha value is -1.88. The number of nitrogens with one attached hydrogen (secondary N) is 2. The van der Waals surface area contributed by atoms with Gasteiger partial charge in [0.25, 0.3) is 5.91 Å². The third-order valence-corrected chi connectivity index (χ3v) is 3.56. The van der Waals surface area contributed by atoms with Gasteiger partial charge in [0, 0.05) is 17.9 Å². The summed E-state index contributed by atoms with van der Waals surface area (Å²) in [5, 5.41) is 5.91. The van der Waals surface area contributed by atoms with Gasteiger partial charge in [0.2, 0.25) is 0 Å². The highest BCUT2D eigenvalue weighted by Gasteiger charge is 2.11. The molecule has 1 amide bonds. The molecule has 110 valence electrons. The molecule has 3 nitrogen and oxygen atoms in total. The SMILES string of the molecule is CCCNc1ccccc1C(=O)Nc1ccc(Br)c(F)c1. The summed E-state index contributed by atoms with van der Waals surface area (Å²) in [6, 6.07) is 11.8. The van der Waals surface area contributed by atoms with Crippen LogP contribution in [0.1, 0.15) is 23.7 Å². The molecule has 0 atom stereocenters. The van der Waals surface area contributed by atoms with Gasteiger partial charge in [-0.15, -0.1) is 0 Å². The molecule has 2 aromatic rings. The summed E-state index contributed by atoms with van der Waals surface area (Å²) in [7, 11) is 0. The number of hydrogen-bond donors (Lipinski definition) is 2. The van der Waals surface area contributed by atoms with Crippen molar-refractivity contribution in [1.29, 1.82) is 0 Å². The van der Waals surface area contributed by atoms with Gasteiger partial charge < -0.3 is 10.6 Å². The molecule has 0 saturated carbocycles. The Balaban J connectivity index is 2.18. The molecule has 0 bridgehead atoms. The highest BCUT2D eigenvalue weighted by atomic mass is 79.9. The molecule has 0 aliphatic carbocycles. The standard InChI is InChI=1S/C16H16BrFN2O/c1-2-9-19-15-6-4-3-5-12(15)16(21)20-11-7-8-13(17)14(18)10-11/h3-8,10,19H,2,9H2,1H3,(H,20,21). The van der Waals surface area contributed by atoms with Gasteiger partial charge in [-0.25, -0.2) is 4.39 Å². The Bertz CT molecular complexity index is 646. The Labute approximate surface area is 131 Å². The van der Waals surface area contributed by atoms with Crippen LogP contribution in [-0.4, -0.2) is 12.5 Å². The van der Waals surface area contributed by atoms with E-state index in [0.29, 0.717) is 15.7 Å². The summed E-state index contributed by atoms with van der Waals surface area (Å²) in [4.78, 5) is 12.3. The first-order chi connectivity index (χ1) is 10.1. The average Bonchev–Trinajstić information content (AvgIpc) is 2.49. The molecular weight excluding hydrogens is 335 g/mol. The van der Waals surface area contributed by atoms with Crippen molar-refractivity contribution in [3.05, 3.63) is 58.3 Å². The molecule has 21 heavy (non-hydrogen) atoms. The average molecular weight is 351 g/mol. The zero-order chi connectivity index (χ0) is 15.2. The molecule has 0 radical (unpaired) electrons. The molecule has 0 aliphatic rings. The summed E-state index contributed by atoms with van der Waals surface area (Å²) < 4.78 is 13.8. The molecule has 2 N–H and O–H groups in total. The Morgan fingerprint density at radius 1 is 1.24 bits per heavy atom. The summed E-state index contributed by atoms with van der Waals surface area (Å²) in [5.41, 5.74) is 1.73. The van der Waals surface area contributed by atoms with Crippen LogP contribution in [0.5, 0.6) is 0 Å². The lowest BCUT2D eigenvalue weighted by Crippen LogP contribution is -2.15. The first-order valence-electron chi connectivity index (χ1n) is 6.71. The molecule has 0 heterocycles. The lowest BCUT2D eigenvalue weighted by Gasteiger charge is -2.12. The maximum atomic E-state index is 13.5. The first kappa shape index (κ1) is 15.5. The van der Waals surface area contributed by atoms with Gasteiger partial charge in [-0.3, -0.25) is 4.79 Å². The van der Waals surface area contributed by atoms with Gasteiger partial charge in [-0.05, 0) is 52.7 Å². The van der Waals surface area contributed by atoms with Crippen LogP contribution in [0.4, 0.5) is 15.8 Å². The molecular formula is C16H16BrFN2O. The summed E-state index contributed by atoms with van der Waals surface area (Å²) >= 11 is 3.08. The zero-order valence-corrected chi connectivity index (χ0v) is 13.2. The number of anilines is 2. The molecule has 5 heteroatoms. The number of amides is 1. The third-order valence-electron chi connectivity index (χ3n) is 2.91. The van der Waals surface area contributed by atoms with E-state index in [-0.39, 0.29) is 5.91 Å². The number of carbonyl (C=O) groups is 1. The second-order valence-corrected chi connectivity index (χ2v) is 5.41. The molecule has 2 aromatic carbocycles. The van der Waals surface area contributed by atoms with E-state index >= 15 is 0 Å². The highest BCUT2D eigenvalue weighted by molar-refractivity contribution is 9.10. The quantitative estimate of drug-likeness (QED) is 0.823. The molecule has 0 aromatic heterocycles. The van der Waals surface area contributed by atoms with Crippen LogP contribution in [-0.2, 0) is 0 Å². The lowest BCUT2D eigenvalue weighted by atomic mass is 10.1. The predicted octanol–water partition coefficient (Wildman–Crippen LogP) is 4.66. The number of benzene rings is 2. The molecule has 0 spiro atoms. The van der Waals surface area contributed by atoms with Crippen LogP contribution in [0.15, 0.2) is 46.9 Å². The summed E-state index contributed by atoms with van der Waals surface area (Å²) in [5.74, 6) is -0.680. The number of halogens is 2. The van der Waals surface area contributed by atoms with Gasteiger partial charge in [-0.2, -0.15) is 0 Å². The first-order valence-corrected chi connectivity index (χ1v) is 7.50. The normalized spacial score (nSPS) is 10.2. The van der Waals surface area contributed by atoms with Crippen LogP contribution in [0, 0.1) is 5.82 Å². The van der Waals surface area contributed by atoms with Gasteiger partial charge in [0.1, 0.15) is 5.82 Å². The van der Waals surface area contributed by atoms with Crippen LogP contribution >= 0.6 is 15.9 Å². The van der Waals surface area contributed by atoms with Crippen molar-refractivity contribution in [2.24, 2.45) is 0 Å². The van der Waals surface area contributed by atoms with E-state index in [1.54, 1.807) is 24.3 Å². The van der Waals surface area contributed by atoms with Crippen LogP contribution in [0.2, 0.25) is 0 Å². The van der Waals surface area contributed by atoms with Crippen molar-refractivity contribution in [3.8, 4) is 0 Å². The number of carbonyl (C=O) groups excluding carboxylic acids is 1. The van der Waals surface area contributed by atoms with Crippen molar-refractivity contribution in [3.63, 3.8) is 0 Å². The molecule has 0 aliphatic heterocycles. The van der Waals surface area contributed by atoms with Gasteiger partial charge >= 0.3 is 0 Å². The second-order valence-electron chi connectivity index (χ2n) is 4.56. The summed E-state index contributed by atoms with van der Waals surface area (Å²) in [6.07, 6.45) is 0.966. The Kier molecular flexibility index (Phi) is 5.33. The Morgan fingerprint density at radius 2 is 2.00 bits per heavy atom. The molecule has 0 fully saturated rings. The van der Waals surface area contributed by atoms with Crippen LogP contribution in [0.3, 0.4) is 0 Å². The number of hydrogen-bond acceptors (Lipinski definition) is 2. The molecule has 0 unspecified atom stereocenters. The van der Waals surface area contributed by atoms with E-state index in [1.165, 1.54) is 6.07 Å². The maximum Gasteiger partial charge on any atom is 0.257 e. The van der Waals surface area contributed by atoms with E-state index in [0.717, 1.165) is 18.7 Å². The largest absolute Gasteiger partial charge is 0.384 e. The van der Waals surface area contributed by atoms with E-state index < -0.39 is 5.82 Å². The second kappa shape index (κ2) is 7.22. The fraction of sp³-hybridized carbons (Fsp3) is 0.188. The Morgan fingerprint density at radius 3 is 2.71 bits per heavy atom. The van der Waals surface area contributed by atoms with Gasteiger partial charge in [0.15, 0.2) is 0 Å². The highest BCUT2D eigenvalue weighted by Crippen LogP contribution is 2.21. The van der Waals surface area contributed by atoms with Crippen molar-refractivity contribution in [2.75, 3.05) is 17.2 Å². The van der Waals surface area contributed by atoms with Crippen molar-refractivity contribution >= 4 is 33.2 Å². The molecule has 0 saturated heterocycles. The van der Waals surface area contributed by atoms with Gasteiger partial charge in [0.05, 0.1) is 10.0 Å². The fourth-order valence-electron chi connectivity index (χ4n) is 1.87. The van der Waals surface area contributed by atoms with E-state index in [1.807, 2.05) is 12.1 Å². The van der Waals surface area contributed by atoms with Crippen molar-refractivity contribution < 1.29 is 9.18 Å². The monoisotopic (exact) mass is 350 g/mol. The predicted molar refractivity (Wildman–Crippen MR) is 87.3 cm³/mol. The van der Waals surface area contributed by atoms with Gasteiger partial charge in [-0.1, -0.05) is 19.1 Å². The smallest absolute Gasteiger partial charge is 0.257 e. The van der Waals surface area contributed by atoms with E-state index in [4.69, 9.17) is 0 Å². The fourth-order valence-corrected chi connectivity index (χ4v) is 2.11.